The van der Waals surface area contributed by atoms with Crippen LogP contribution in [0.25, 0.3) is 0 Å². The van der Waals surface area contributed by atoms with Gasteiger partial charge < -0.3 is 10.2 Å². The molecule has 1 atom stereocenters. The quantitative estimate of drug-likeness (QED) is 0.706. The third-order valence-electron chi connectivity index (χ3n) is 6.96. The number of benzene rings is 1. The molecule has 1 N–H and O–H groups in total. The predicted molar refractivity (Wildman–Crippen MR) is 118 cm³/mol. The Bertz CT molecular complexity index is 965. The minimum Gasteiger partial charge on any atom is -0.350 e. The lowest BCUT2D eigenvalue weighted by atomic mass is 9.70. The minimum atomic E-state index is -3.74. The Labute approximate surface area is 184 Å². The molecule has 31 heavy (non-hydrogen) atoms. The fourth-order valence-electron chi connectivity index (χ4n) is 5.17. The molecule has 1 aromatic carbocycles. The number of carbonyl (C=O) groups is 2. The van der Waals surface area contributed by atoms with Crippen molar-refractivity contribution in [3.63, 3.8) is 0 Å². The molecular formula is C23H31N3O4S. The van der Waals surface area contributed by atoms with E-state index in [0.29, 0.717) is 24.9 Å². The van der Waals surface area contributed by atoms with E-state index in [0.717, 1.165) is 51.6 Å². The summed E-state index contributed by atoms with van der Waals surface area (Å²) in [6, 6.07) is 6.43. The van der Waals surface area contributed by atoms with Gasteiger partial charge in [0, 0.05) is 36.8 Å². The summed E-state index contributed by atoms with van der Waals surface area (Å²) in [5.74, 6) is -0.319. The van der Waals surface area contributed by atoms with Crippen LogP contribution in [0.15, 0.2) is 41.8 Å². The van der Waals surface area contributed by atoms with Crippen LogP contribution in [0.2, 0.25) is 0 Å². The van der Waals surface area contributed by atoms with Gasteiger partial charge in [0.1, 0.15) is 0 Å². The molecule has 2 amide bonds. The van der Waals surface area contributed by atoms with Crippen LogP contribution < -0.4 is 5.32 Å². The maximum Gasteiger partial charge on any atom is 0.253 e. The summed E-state index contributed by atoms with van der Waals surface area (Å²) in [4.78, 5) is 26.6. The van der Waals surface area contributed by atoms with Gasteiger partial charge in [0.25, 0.3) is 5.91 Å². The number of hydrogen-bond acceptors (Lipinski definition) is 4. The zero-order valence-electron chi connectivity index (χ0n) is 17.9. The fourth-order valence-corrected chi connectivity index (χ4v) is 7.06. The third-order valence-corrected chi connectivity index (χ3v) is 8.96. The van der Waals surface area contributed by atoms with E-state index in [1.165, 1.54) is 12.1 Å². The Hall–Kier alpha value is -2.19. The second kappa shape index (κ2) is 8.74. The molecule has 7 nitrogen and oxygen atoms in total. The zero-order chi connectivity index (χ0) is 22.1. The molecule has 3 fully saturated rings. The summed E-state index contributed by atoms with van der Waals surface area (Å²) < 4.78 is 28.9. The average Bonchev–Trinajstić information content (AvgIpc) is 2.77. The summed E-state index contributed by atoms with van der Waals surface area (Å²) >= 11 is 0. The Kier molecular flexibility index (Phi) is 6.21. The molecule has 0 bridgehead atoms. The lowest BCUT2D eigenvalue weighted by Gasteiger charge is -2.54. The molecule has 1 spiro atoms. The molecule has 0 radical (unpaired) electrons. The van der Waals surface area contributed by atoms with Gasteiger partial charge in [-0.1, -0.05) is 12.6 Å². The molecular weight excluding hydrogens is 414 g/mol. The Morgan fingerprint density at radius 2 is 1.84 bits per heavy atom. The van der Waals surface area contributed by atoms with Crippen LogP contribution in [0.1, 0.15) is 61.7 Å². The van der Waals surface area contributed by atoms with Gasteiger partial charge in [0.2, 0.25) is 15.9 Å². The summed E-state index contributed by atoms with van der Waals surface area (Å²) in [6.07, 6.45) is 8.09. The molecule has 1 unspecified atom stereocenters. The average molecular weight is 446 g/mol. The van der Waals surface area contributed by atoms with Crippen molar-refractivity contribution in [3.8, 4) is 0 Å². The minimum absolute atomic E-state index is 0.0516. The van der Waals surface area contributed by atoms with Gasteiger partial charge in [-0.15, -0.1) is 0 Å². The topological polar surface area (TPSA) is 86.8 Å². The van der Waals surface area contributed by atoms with Crippen LogP contribution >= 0.6 is 0 Å². The van der Waals surface area contributed by atoms with E-state index < -0.39 is 15.6 Å². The predicted octanol–water partition coefficient (Wildman–Crippen LogP) is 2.69. The summed E-state index contributed by atoms with van der Waals surface area (Å²) in [5, 5.41) is 2.94. The maximum atomic E-state index is 13.6. The molecule has 168 valence electrons. The summed E-state index contributed by atoms with van der Waals surface area (Å²) in [7, 11) is -3.74. The van der Waals surface area contributed by atoms with Crippen molar-refractivity contribution in [1.82, 2.24) is 14.5 Å². The molecule has 1 aliphatic carbocycles. The second-order valence-electron chi connectivity index (χ2n) is 8.94. The standard InChI is InChI=1S/C23H31N3O4S/c1-2-21(27)24-19-10-15-26(23(17-19)11-7-12-23)31(29,30)20-9-6-8-18(16-20)22(28)25-13-4-3-5-14-25/h2,6,8-9,16,19H,1,3-5,7,10-15,17H2,(H,24,27). The van der Waals surface area contributed by atoms with Gasteiger partial charge in [-0.05, 0) is 75.6 Å². The van der Waals surface area contributed by atoms with Crippen molar-refractivity contribution in [2.45, 2.75) is 67.8 Å². The van der Waals surface area contributed by atoms with Crippen molar-refractivity contribution in [2.75, 3.05) is 19.6 Å². The summed E-state index contributed by atoms with van der Waals surface area (Å²) in [6.45, 7) is 5.30. The number of sulfonamides is 1. The van der Waals surface area contributed by atoms with Crippen molar-refractivity contribution in [2.24, 2.45) is 0 Å². The van der Waals surface area contributed by atoms with Crippen molar-refractivity contribution in [3.05, 3.63) is 42.5 Å². The fraction of sp³-hybridized carbons (Fsp3) is 0.565. The molecule has 2 heterocycles. The van der Waals surface area contributed by atoms with Crippen molar-refractivity contribution in [1.29, 1.82) is 0 Å². The second-order valence-corrected chi connectivity index (χ2v) is 10.8. The van der Waals surface area contributed by atoms with Crippen LogP contribution in [0.3, 0.4) is 0 Å². The first kappa shape index (κ1) is 22.0. The van der Waals surface area contributed by atoms with Crippen LogP contribution in [0.5, 0.6) is 0 Å². The first-order chi connectivity index (χ1) is 14.9. The molecule has 2 aliphatic heterocycles. The lowest BCUT2D eigenvalue weighted by molar-refractivity contribution is -0.117. The van der Waals surface area contributed by atoms with Gasteiger partial charge in [0.05, 0.1) is 4.90 Å². The van der Waals surface area contributed by atoms with E-state index in [1.54, 1.807) is 22.5 Å². The van der Waals surface area contributed by atoms with Crippen molar-refractivity contribution < 1.29 is 18.0 Å². The highest BCUT2D eigenvalue weighted by atomic mass is 32.2. The molecule has 4 rings (SSSR count). The molecule has 8 heteroatoms. The molecule has 0 aromatic heterocycles. The molecule has 1 aromatic rings. The van der Waals surface area contributed by atoms with E-state index in [-0.39, 0.29) is 22.8 Å². The van der Waals surface area contributed by atoms with E-state index in [4.69, 9.17) is 0 Å². The highest BCUT2D eigenvalue weighted by Gasteiger charge is 2.51. The van der Waals surface area contributed by atoms with Crippen molar-refractivity contribution >= 4 is 21.8 Å². The largest absolute Gasteiger partial charge is 0.350 e. The lowest BCUT2D eigenvalue weighted by Crippen LogP contribution is -2.63. The number of hydrogen-bond donors (Lipinski definition) is 1. The van der Waals surface area contributed by atoms with Crippen LogP contribution in [-0.4, -0.2) is 60.7 Å². The normalized spacial score (nSPS) is 23.7. The van der Waals surface area contributed by atoms with Crippen LogP contribution in [0, 0.1) is 0 Å². The summed E-state index contributed by atoms with van der Waals surface area (Å²) in [5.41, 5.74) is -0.0259. The first-order valence-electron chi connectivity index (χ1n) is 11.2. The number of piperidine rings is 2. The number of nitrogens with zero attached hydrogens (tertiary/aromatic N) is 2. The number of amides is 2. The van der Waals surface area contributed by atoms with E-state index >= 15 is 0 Å². The van der Waals surface area contributed by atoms with E-state index in [9.17, 15) is 18.0 Å². The Morgan fingerprint density at radius 3 is 2.48 bits per heavy atom. The smallest absolute Gasteiger partial charge is 0.253 e. The Morgan fingerprint density at radius 1 is 1.10 bits per heavy atom. The number of nitrogens with one attached hydrogen (secondary N) is 1. The monoisotopic (exact) mass is 445 g/mol. The van der Waals surface area contributed by atoms with Crippen LogP contribution in [0.4, 0.5) is 0 Å². The Balaban J connectivity index is 1.56. The molecule has 3 aliphatic rings. The number of carbonyl (C=O) groups excluding carboxylic acids is 2. The van der Waals surface area contributed by atoms with Gasteiger partial charge >= 0.3 is 0 Å². The maximum absolute atomic E-state index is 13.6. The molecule has 1 saturated carbocycles. The van der Waals surface area contributed by atoms with E-state index in [2.05, 4.69) is 11.9 Å². The first-order valence-corrected chi connectivity index (χ1v) is 12.6. The number of rotatable bonds is 5. The highest BCUT2D eigenvalue weighted by molar-refractivity contribution is 7.89. The highest BCUT2D eigenvalue weighted by Crippen LogP contribution is 2.47. The molecule has 2 saturated heterocycles. The van der Waals surface area contributed by atoms with Gasteiger partial charge in [-0.25, -0.2) is 8.42 Å². The van der Waals surface area contributed by atoms with Gasteiger partial charge in [-0.3, -0.25) is 9.59 Å². The SMILES string of the molecule is C=CC(=O)NC1CCN(S(=O)(=O)c2cccc(C(=O)N3CCCCC3)c2)C2(CCC2)C1. The number of likely N-dealkylation sites (tertiary alicyclic amines) is 1. The van der Waals surface area contributed by atoms with Gasteiger partial charge in [0.15, 0.2) is 0 Å². The van der Waals surface area contributed by atoms with E-state index in [1.807, 2.05) is 4.90 Å². The van der Waals surface area contributed by atoms with Crippen LogP contribution in [-0.2, 0) is 14.8 Å². The zero-order valence-corrected chi connectivity index (χ0v) is 18.7. The third kappa shape index (κ3) is 4.28. The van der Waals surface area contributed by atoms with Gasteiger partial charge in [-0.2, -0.15) is 4.31 Å².